The molecule has 3 rings (SSSR count). The van der Waals surface area contributed by atoms with Crippen LogP contribution in [-0.2, 0) is 19.0 Å². The number of carbonyl (C=O) groups is 2. The second-order valence-electron chi connectivity index (χ2n) is 7.18. The summed E-state index contributed by atoms with van der Waals surface area (Å²) in [5.74, 6) is 0.0534. The van der Waals surface area contributed by atoms with Crippen LogP contribution in [0.15, 0.2) is 24.0 Å². The van der Waals surface area contributed by atoms with Crippen LogP contribution < -0.4 is 5.32 Å². The first-order valence-electron chi connectivity index (χ1n) is 9.73. The number of halogens is 1. The molecular weight excluding hydrogens is 382 g/mol. The Bertz CT molecular complexity index is 783. The van der Waals surface area contributed by atoms with Gasteiger partial charge in [0.05, 0.1) is 17.7 Å². The lowest BCUT2D eigenvalue weighted by Crippen LogP contribution is -2.46. The average Bonchev–Trinajstić information content (AvgIpc) is 2.92. The Balaban J connectivity index is 1.95. The minimum absolute atomic E-state index is 0.0921. The molecular formula is C21H26ClNO5. The van der Waals surface area contributed by atoms with Gasteiger partial charge in [0.1, 0.15) is 6.61 Å². The van der Waals surface area contributed by atoms with E-state index < -0.39 is 11.7 Å². The fourth-order valence-corrected chi connectivity index (χ4v) is 4.06. The monoisotopic (exact) mass is 407 g/mol. The lowest BCUT2D eigenvalue weighted by atomic mass is 9.80. The van der Waals surface area contributed by atoms with Crippen molar-refractivity contribution in [2.75, 3.05) is 19.8 Å². The summed E-state index contributed by atoms with van der Waals surface area (Å²) in [6.07, 6.45) is 3.57. The van der Waals surface area contributed by atoms with Crippen LogP contribution in [0.2, 0.25) is 5.02 Å². The smallest absolute Gasteiger partial charge is 0.432 e. The largest absolute Gasteiger partial charge is 0.513 e. The third-order valence-corrected chi connectivity index (χ3v) is 5.51. The van der Waals surface area contributed by atoms with E-state index in [4.69, 9.17) is 25.8 Å². The summed E-state index contributed by atoms with van der Waals surface area (Å²) in [5.41, 5.74) is 1.16. The van der Waals surface area contributed by atoms with Crippen molar-refractivity contribution in [2.24, 2.45) is 0 Å². The van der Waals surface area contributed by atoms with Crippen molar-refractivity contribution in [3.8, 4) is 0 Å². The van der Waals surface area contributed by atoms with E-state index in [0.717, 1.165) is 24.8 Å². The standard InChI is InChI=1S/C21H26ClNO5/c1-3-26-11-12-27-20(25)28-18-17(15-13-14(2)7-8-16(15)22)19(24)23-21(18)9-5-4-6-10-21/h7-8,13H,3-6,9-12H2,1-2H3,(H,23,24). The van der Waals surface area contributed by atoms with Crippen LogP contribution in [0.1, 0.15) is 50.2 Å². The number of carbonyl (C=O) groups excluding carboxylic acids is 2. The van der Waals surface area contributed by atoms with Crippen molar-refractivity contribution in [1.82, 2.24) is 5.32 Å². The van der Waals surface area contributed by atoms with Crippen LogP contribution in [0, 0.1) is 6.92 Å². The second-order valence-corrected chi connectivity index (χ2v) is 7.59. The molecule has 1 saturated carbocycles. The van der Waals surface area contributed by atoms with Gasteiger partial charge >= 0.3 is 6.16 Å². The quantitative estimate of drug-likeness (QED) is 0.559. The van der Waals surface area contributed by atoms with Crippen molar-refractivity contribution in [2.45, 2.75) is 51.5 Å². The van der Waals surface area contributed by atoms with Gasteiger partial charge in [0, 0.05) is 17.2 Å². The lowest BCUT2D eigenvalue weighted by molar-refractivity contribution is -0.116. The highest BCUT2D eigenvalue weighted by Gasteiger charge is 2.49. The molecule has 1 spiro atoms. The number of hydrogen-bond donors (Lipinski definition) is 1. The van der Waals surface area contributed by atoms with Crippen molar-refractivity contribution < 1.29 is 23.8 Å². The molecule has 0 atom stereocenters. The fraction of sp³-hybridized carbons (Fsp3) is 0.524. The van der Waals surface area contributed by atoms with Gasteiger partial charge in [-0.3, -0.25) is 4.79 Å². The van der Waals surface area contributed by atoms with Crippen molar-refractivity contribution >= 4 is 29.2 Å². The summed E-state index contributed by atoms with van der Waals surface area (Å²) in [5, 5.41) is 3.51. The minimum Gasteiger partial charge on any atom is -0.432 e. The molecule has 152 valence electrons. The van der Waals surface area contributed by atoms with E-state index in [-0.39, 0.29) is 12.5 Å². The molecule has 1 heterocycles. The van der Waals surface area contributed by atoms with Gasteiger partial charge in [-0.25, -0.2) is 4.79 Å². The van der Waals surface area contributed by atoms with E-state index in [1.807, 2.05) is 26.0 Å². The van der Waals surface area contributed by atoms with E-state index in [2.05, 4.69) is 5.32 Å². The molecule has 28 heavy (non-hydrogen) atoms. The molecule has 0 bridgehead atoms. The maximum absolute atomic E-state index is 12.9. The van der Waals surface area contributed by atoms with E-state index in [1.165, 1.54) is 0 Å². The first-order chi connectivity index (χ1) is 13.5. The number of benzene rings is 1. The van der Waals surface area contributed by atoms with Crippen molar-refractivity contribution in [3.05, 3.63) is 40.1 Å². The van der Waals surface area contributed by atoms with Crippen LogP contribution in [-0.4, -0.2) is 37.4 Å². The summed E-state index contributed by atoms with van der Waals surface area (Å²) in [6.45, 7) is 4.72. The zero-order valence-electron chi connectivity index (χ0n) is 16.3. The first-order valence-corrected chi connectivity index (χ1v) is 10.1. The Labute approximate surface area is 170 Å². The van der Waals surface area contributed by atoms with Crippen LogP contribution in [0.4, 0.5) is 4.79 Å². The fourth-order valence-electron chi connectivity index (χ4n) is 3.85. The highest BCUT2D eigenvalue weighted by Crippen LogP contribution is 2.44. The predicted octanol–water partition coefficient (Wildman–Crippen LogP) is 4.38. The zero-order valence-corrected chi connectivity index (χ0v) is 17.1. The van der Waals surface area contributed by atoms with Gasteiger partial charge < -0.3 is 19.5 Å². The number of ether oxygens (including phenoxy) is 3. The average molecular weight is 408 g/mol. The Kier molecular flexibility index (Phi) is 6.62. The Morgan fingerprint density at radius 3 is 2.68 bits per heavy atom. The molecule has 0 radical (unpaired) electrons. The van der Waals surface area contributed by atoms with Gasteiger partial charge in [-0.2, -0.15) is 0 Å². The molecule has 1 aliphatic carbocycles. The van der Waals surface area contributed by atoms with Crippen LogP contribution in [0.25, 0.3) is 5.57 Å². The van der Waals surface area contributed by atoms with Gasteiger partial charge in [0.25, 0.3) is 5.91 Å². The van der Waals surface area contributed by atoms with E-state index in [9.17, 15) is 9.59 Å². The predicted molar refractivity (Wildman–Crippen MR) is 106 cm³/mol. The number of nitrogens with one attached hydrogen (secondary N) is 1. The lowest BCUT2D eigenvalue weighted by Gasteiger charge is -2.34. The van der Waals surface area contributed by atoms with Crippen molar-refractivity contribution in [3.63, 3.8) is 0 Å². The van der Waals surface area contributed by atoms with E-state index in [1.54, 1.807) is 6.07 Å². The third-order valence-electron chi connectivity index (χ3n) is 5.18. The maximum atomic E-state index is 12.9. The topological polar surface area (TPSA) is 73.9 Å². The molecule has 1 aromatic rings. The number of amides is 1. The highest BCUT2D eigenvalue weighted by molar-refractivity contribution is 6.35. The Morgan fingerprint density at radius 2 is 1.96 bits per heavy atom. The van der Waals surface area contributed by atoms with E-state index >= 15 is 0 Å². The molecule has 7 heteroatoms. The molecule has 0 saturated heterocycles. The summed E-state index contributed by atoms with van der Waals surface area (Å²) in [6, 6.07) is 5.46. The summed E-state index contributed by atoms with van der Waals surface area (Å²) in [4.78, 5) is 25.2. The molecule has 1 aliphatic heterocycles. The molecule has 1 aromatic carbocycles. The van der Waals surface area contributed by atoms with Crippen LogP contribution in [0.5, 0.6) is 0 Å². The first kappa shape index (κ1) is 20.7. The minimum atomic E-state index is -0.836. The molecule has 6 nitrogen and oxygen atoms in total. The van der Waals surface area contributed by atoms with E-state index in [0.29, 0.717) is 48.0 Å². The molecule has 1 N–H and O–H groups in total. The zero-order chi connectivity index (χ0) is 20.1. The number of aryl methyl sites for hydroxylation is 1. The molecule has 2 aliphatic rings. The number of hydrogen-bond acceptors (Lipinski definition) is 5. The molecule has 1 amide bonds. The third kappa shape index (κ3) is 4.33. The normalized spacial score (nSPS) is 18.3. The van der Waals surface area contributed by atoms with Gasteiger partial charge in [-0.15, -0.1) is 0 Å². The van der Waals surface area contributed by atoms with Gasteiger partial charge in [0.2, 0.25) is 0 Å². The molecule has 1 fully saturated rings. The summed E-state index contributed by atoms with van der Waals surface area (Å²) < 4.78 is 15.9. The van der Waals surface area contributed by atoms with Crippen LogP contribution in [0.3, 0.4) is 0 Å². The maximum Gasteiger partial charge on any atom is 0.513 e. The van der Waals surface area contributed by atoms with Gasteiger partial charge in [-0.05, 0) is 38.8 Å². The van der Waals surface area contributed by atoms with Gasteiger partial charge in [-0.1, -0.05) is 42.5 Å². The van der Waals surface area contributed by atoms with Crippen LogP contribution >= 0.6 is 11.6 Å². The summed E-state index contributed by atoms with van der Waals surface area (Å²) in [7, 11) is 0. The Morgan fingerprint density at radius 1 is 1.21 bits per heavy atom. The summed E-state index contributed by atoms with van der Waals surface area (Å²) >= 11 is 6.39. The molecule has 0 aromatic heterocycles. The SMILES string of the molecule is CCOCCOC(=O)OC1=C(c2cc(C)ccc2Cl)C(=O)NC12CCCCC2. The molecule has 0 unspecified atom stereocenters. The number of rotatable bonds is 6. The van der Waals surface area contributed by atoms with Gasteiger partial charge in [0.15, 0.2) is 5.76 Å². The second kappa shape index (κ2) is 8.97. The Hall–Kier alpha value is -2.05. The highest BCUT2D eigenvalue weighted by atomic mass is 35.5. The van der Waals surface area contributed by atoms with Crippen molar-refractivity contribution in [1.29, 1.82) is 0 Å².